The molecule has 5 nitrogen and oxygen atoms in total. The van der Waals surface area contributed by atoms with Gasteiger partial charge in [-0.2, -0.15) is 0 Å². The van der Waals surface area contributed by atoms with Crippen LogP contribution in [0.5, 0.6) is 0 Å². The largest absolute Gasteiger partial charge is 0.361 e. The Labute approximate surface area is 167 Å². The van der Waals surface area contributed by atoms with Crippen LogP contribution in [0.4, 0.5) is 4.39 Å². The van der Waals surface area contributed by atoms with E-state index < -0.39 is 5.82 Å². The van der Waals surface area contributed by atoms with E-state index >= 15 is 0 Å². The summed E-state index contributed by atoms with van der Waals surface area (Å²) in [5.41, 5.74) is 4.12. The molecule has 5 rings (SSSR count). The summed E-state index contributed by atoms with van der Waals surface area (Å²) in [6.45, 7) is 3.07. The van der Waals surface area contributed by atoms with Crippen LogP contribution < -0.4 is 5.56 Å². The number of fused-ring (bicyclic) bond motifs is 2. The molecule has 0 fully saturated rings. The lowest BCUT2D eigenvalue weighted by Crippen LogP contribution is -2.34. The summed E-state index contributed by atoms with van der Waals surface area (Å²) in [6.07, 6.45) is 6.89. The summed E-state index contributed by atoms with van der Waals surface area (Å²) < 4.78 is 15.1. The second-order valence-corrected chi connectivity index (χ2v) is 7.43. The Morgan fingerprint density at radius 1 is 1.10 bits per heavy atom. The topological polar surface area (TPSA) is 53.9 Å². The molecule has 1 aliphatic heterocycles. The third-order valence-electron chi connectivity index (χ3n) is 5.67. The van der Waals surface area contributed by atoms with Crippen LogP contribution in [0.1, 0.15) is 12.0 Å². The van der Waals surface area contributed by atoms with Crippen LogP contribution in [0.25, 0.3) is 27.4 Å². The minimum Gasteiger partial charge on any atom is -0.361 e. The summed E-state index contributed by atoms with van der Waals surface area (Å²) in [7, 11) is 0. The maximum atomic E-state index is 13.5. The zero-order valence-electron chi connectivity index (χ0n) is 15.9. The van der Waals surface area contributed by atoms with Gasteiger partial charge in [0.05, 0.1) is 17.2 Å². The van der Waals surface area contributed by atoms with Gasteiger partial charge in [0, 0.05) is 48.8 Å². The number of halogens is 1. The first-order valence-electron chi connectivity index (χ1n) is 9.81. The molecule has 0 aliphatic carbocycles. The summed E-state index contributed by atoms with van der Waals surface area (Å²) in [5, 5.41) is 1.58. The van der Waals surface area contributed by atoms with Gasteiger partial charge < -0.3 is 4.98 Å². The van der Waals surface area contributed by atoms with E-state index in [0.29, 0.717) is 17.4 Å². The zero-order chi connectivity index (χ0) is 19.8. The van der Waals surface area contributed by atoms with Gasteiger partial charge in [-0.05, 0) is 36.3 Å². The summed E-state index contributed by atoms with van der Waals surface area (Å²) in [4.78, 5) is 22.6. The highest BCUT2D eigenvalue weighted by molar-refractivity contribution is 5.92. The Morgan fingerprint density at radius 3 is 2.86 bits per heavy atom. The number of aromatic amines is 1. The maximum absolute atomic E-state index is 13.5. The molecule has 4 aromatic rings. The Bertz CT molecular complexity index is 1290. The number of hydrogen-bond acceptors (Lipinski definition) is 3. The second kappa shape index (κ2) is 7.29. The van der Waals surface area contributed by atoms with Crippen LogP contribution in [0.3, 0.4) is 0 Å². The molecule has 0 amide bonds. The van der Waals surface area contributed by atoms with E-state index in [0.717, 1.165) is 31.6 Å². The molecule has 6 heteroatoms. The highest BCUT2D eigenvalue weighted by atomic mass is 19.1. The SMILES string of the molecule is O=c1c2cc(F)ccc2ncn1CCN1CC=C(c2c[nH]c3ccccc23)CC1. The van der Waals surface area contributed by atoms with Crippen molar-refractivity contribution in [3.05, 3.63) is 82.8 Å². The fourth-order valence-corrected chi connectivity index (χ4v) is 4.04. The molecule has 0 saturated carbocycles. The molecule has 0 spiro atoms. The molecule has 2 aromatic heterocycles. The van der Waals surface area contributed by atoms with E-state index in [1.165, 1.54) is 34.7 Å². The van der Waals surface area contributed by atoms with E-state index in [1.807, 2.05) is 6.07 Å². The van der Waals surface area contributed by atoms with Crippen LogP contribution in [0, 0.1) is 5.82 Å². The van der Waals surface area contributed by atoms with Gasteiger partial charge in [0.2, 0.25) is 0 Å². The van der Waals surface area contributed by atoms with Crippen molar-refractivity contribution in [3.63, 3.8) is 0 Å². The van der Waals surface area contributed by atoms with Gasteiger partial charge in [0.25, 0.3) is 5.56 Å². The fraction of sp³-hybridized carbons (Fsp3) is 0.217. The number of hydrogen-bond donors (Lipinski definition) is 1. The third kappa shape index (κ3) is 3.36. The number of para-hydroxylation sites is 1. The van der Waals surface area contributed by atoms with E-state index in [9.17, 15) is 9.18 Å². The summed E-state index contributed by atoms with van der Waals surface area (Å²) >= 11 is 0. The first kappa shape index (κ1) is 17.8. The monoisotopic (exact) mass is 388 g/mol. The van der Waals surface area contributed by atoms with Gasteiger partial charge in [-0.15, -0.1) is 0 Å². The number of nitrogens with zero attached hydrogens (tertiary/aromatic N) is 3. The molecule has 1 N–H and O–H groups in total. The number of nitrogens with one attached hydrogen (secondary N) is 1. The molecule has 3 heterocycles. The van der Waals surface area contributed by atoms with Gasteiger partial charge in [-0.25, -0.2) is 9.37 Å². The molecule has 1 aliphatic rings. The van der Waals surface area contributed by atoms with Gasteiger partial charge >= 0.3 is 0 Å². The standard InChI is InChI=1S/C23H21FN4O/c24-17-5-6-22-19(13-17)23(29)28(15-26-22)12-11-27-9-7-16(8-10-27)20-14-25-21-4-2-1-3-18(20)21/h1-7,13-15,25H,8-12H2. The van der Waals surface area contributed by atoms with Gasteiger partial charge in [-0.3, -0.25) is 14.3 Å². The maximum Gasteiger partial charge on any atom is 0.261 e. The van der Waals surface area contributed by atoms with Crippen LogP contribution in [0.15, 0.2) is 65.9 Å². The lowest BCUT2D eigenvalue weighted by molar-refractivity contribution is 0.287. The van der Waals surface area contributed by atoms with Gasteiger partial charge in [-0.1, -0.05) is 24.3 Å². The van der Waals surface area contributed by atoms with Crippen molar-refractivity contribution in [2.24, 2.45) is 0 Å². The molecule has 2 aromatic carbocycles. The van der Waals surface area contributed by atoms with Crippen LogP contribution >= 0.6 is 0 Å². The van der Waals surface area contributed by atoms with Crippen molar-refractivity contribution in [2.45, 2.75) is 13.0 Å². The average Bonchev–Trinajstić information content (AvgIpc) is 3.18. The smallest absolute Gasteiger partial charge is 0.261 e. The fourth-order valence-electron chi connectivity index (χ4n) is 4.04. The first-order valence-corrected chi connectivity index (χ1v) is 9.81. The van der Waals surface area contributed by atoms with Crippen LogP contribution in [-0.2, 0) is 6.54 Å². The second-order valence-electron chi connectivity index (χ2n) is 7.43. The normalized spacial score (nSPS) is 15.1. The molecular formula is C23H21FN4O. The Balaban J connectivity index is 1.29. The minimum atomic E-state index is -0.417. The summed E-state index contributed by atoms with van der Waals surface area (Å²) in [5.74, 6) is -0.417. The lowest BCUT2D eigenvalue weighted by Gasteiger charge is -2.26. The van der Waals surface area contributed by atoms with E-state index in [2.05, 4.69) is 45.3 Å². The molecular weight excluding hydrogens is 367 g/mol. The van der Waals surface area contributed by atoms with Crippen LogP contribution in [0.2, 0.25) is 0 Å². The number of rotatable bonds is 4. The highest BCUT2D eigenvalue weighted by Gasteiger charge is 2.16. The lowest BCUT2D eigenvalue weighted by atomic mass is 9.99. The van der Waals surface area contributed by atoms with Crippen molar-refractivity contribution < 1.29 is 4.39 Å². The molecule has 146 valence electrons. The van der Waals surface area contributed by atoms with Crippen molar-refractivity contribution >= 4 is 27.4 Å². The first-order chi connectivity index (χ1) is 14.2. The molecule has 29 heavy (non-hydrogen) atoms. The Hall–Kier alpha value is -3.25. The summed E-state index contributed by atoms with van der Waals surface area (Å²) in [6, 6.07) is 12.5. The molecule has 0 bridgehead atoms. The zero-order valence-corrected chi connectivity index (χ0v) is 15.9. The van der Waals surface area contributed by atoms with E-state index in [4.69, 9.17) is 0 Å². The van der Waals surface area contributed by atoms with Crippen molar-refractivity contribution in [2.75, 3.05) is 19.6 Å². The van der Waals surface area contributed by atoms with Crippen molar-refractivity contribution in [1.82, 2.24) is 19.4 Å². The van der Waals surface area contributed by atoms with Crippen LogP contribution in [-0.4, -0.2) is 39.1 Å². The quantitative estimate of drug-likeness (QED) is 0.579. The minimum absolute atomic E-state index is 0.193. The molecule has 0 unspecified atom stereocenters. The Kier molecular flexibility index (Phi) is 4.48. The number of aromatic nitrogens is 3. The highest BCUT2D eigenvalue weighted by Crippen LogP contribution is 2.29. The molecule has 0 atom stereocenters. The van der Waals surface area contributed by atoms with Gasteiger partial charge in [0.1, 0.15) is 5.82 Å². The van der Waals surface area contributed by atoms with Gasteiger partial charge in [0.15, 0.2) is 0 Å². The predicted octanol–water partition coefficient (Wildman–Crippen LogP) is 3.81. The molecule has 0 saturated heterocycles. The van der Waals surface area contributed by atoms with Crippen molar-refractivity contribution in [3.8, 4) is 0 Å². The number of benzene rings is 2. The van der Waals surface area contributed by atoms with Crippen molar-refractivity contribution in [1.29, 1.82) is 0 Å². The Morgan fingerprint density at radius 2 is 2.00 bits per heavy atom. The van der Waals surface area contributed by atoms with E-state index in [-0.39, 0.29) is 5.56 Å². The number of H-pyrrole nitrogens is 1. The average molecular weight is 388 g/mol. The third-order valence-corrected chi connectivity index (χ3v) is 5.67. The van der Waals surface area contributed by atoms with E-state index in [1.54, 1.807) is 10.9 Å². The predicted molar refractivity (Wildman–Crippen MR) is 113 cm³/mol. The molecule has 0 radical (unpaired) electrons.